The van der Waals surface area contributed by atoms with Crippen LogP contribution in [-0.4, -0.2) is 31.1 Å². The van der Waals surface area contributed by atoms with Gasteiger partial charge in [-0.2, -0.15) is 0 Å². The third-order valence-corrected chi connectivity index (χ3v) is 3.82. The third-order valence-electron chi connectivity index (χ3n) is 3.82. The summed E-state index contributed by atoms with van der Waals surface area (Å²) in [5.41, 5.74) is 7.66. The standard InChI is InChI=1S/C15H24N2O/c1-17(12-15(16)9-5-6-10-15)11-13-7-3-4-8-14(13)18-2/h3-4,7-8H,5-6,9-12,16H2,1-2H3. The fraction of sp³-hybridized carbons (Fsp3) is 0.600. The van der Waals surface area contributed by atoms with Crippen LogP contribution in [0.25, 0.3) is 0 Å². The largest absolute Gasteiger partial charge is 0.496 e. The number of ether oxygens (including phenoxy) is 1. The molecule has 0 aromatic heterocycles. The number of nitrogens with zero attached hydrogens (tertiary/aromatic N) is 1. The SMILES string of the molecule is COc1ccccc1CN(C)CC1(N)CCCC1. The lowest BCUT2D eigenvalue weighted by Gasteiger charge is -2.30. The highest BCUT2D eigenvalue weighted by molar-refractivity contribution is 5.33. The molecule has 0 bridgehead atoms. The highest BCUT2D eigenvalue weighted by Gasteiger charge is 2.30. The van der Waals surface area contributed by atoms with Crippen molar-refractivity contribution in [3.63, 3.8) is 0 Å². The van der Waals surface area contributed by atoms with Crippen LogP contribution in [-0.2, 0) is 6.54 Å². The van der Waals surface area contributed by atoms with Gasteiger partial charge in [-0.15, -0.1) is 0 Å². The monoisotopic (exact) mass is 248 g/mol. The summed E-state index contributed by atoms with van der Waals surface area (Å²) in [4.78, 5) is 2.31. The molecule has 0 saturated heterocycles. The molecule has 0 radical (unpaired) electrons. The summed E-state index contributed by atoms with van der Waals surface area (Å²) in [7, 11) is 3.86. The Hall–Kier alpha value is -1.06. The van der Waals surface area contributed by atoms with Crippen molar-refractivity contribution in [3.05, 3.63) is 29.8 Å². The van der Waals surface area contributed by atoms with E-state index < -0.39 is 0 Å². The van der Waals surface area contributed by atoms with E-state index in [1.807, 2.05) is 12.1 Å². The smallest absolute Gasteiger partial charge is 0.123 e. The van der Waals surface area contributed by atoms with Crippen molar-refractivity contribution in [2.24, 2.45) is 5.73 Å². The van der Waals surface area contributed by atoms with Gasteiger partial charge in [0.25, 0.3) is 0 Å². The Labute approximate surface area is 110 Å². The Balaban J connectivity index is 1.96. The molecule has 18 heavy (non-hydrogen) atoms. The Morgan fingerprint density at radius 2 is 1.94 bits per heavy atom. The van der Waals surface area contributed by atoms with E-state index in [0.717, 1.165) is 31.7 Å². The number of rotatable bonds is 5. The Morgan fingerprint density at radius 1 is 1.28 bits per heavy atom. The van der Waals surface area contributed by atoms with Gasteiger partial charge < -0.3 is 15.4 Å². The fourth-order valence-electron chi connectivity index (χ4n) is 2.96. The highest BCUT2D eigenvalue weighted by atomic mass is 16.5. The minimum atomic E-state index is 0.0246. The van der Waals surface area contributed by atoms with E-state index >= 15 is 0 Å². The summed E-state index contributed by atoms with van der Waals surface area (Å²) in [5, 5.41) is 0. The average molecular weight is 248 g/mol. The Kier molecular flexibility index (Phi) is 4.25. The molecule has 100 valence electrons. The summed E-state index contributed by atoms with van der Waals surface area (Å²) in [6.07, 6.45) is 4.87. The zero-order valence-corrected chi connectivity index (χ0v) is 11.5. The van der Waals surface area contributed by atoms with Crippen LogP contribution in [0, 0.1) is 0 Å². The Bertz CT molecular complexity index is 386. The van der Waals surface area contributed by atoms with Gasteiger partial charge in [0.15, 0.2) is 0 Å². The van der Waals surface area contributed by atoms with Crippen LogP contribution in [0.1, 0.15) is 31.2 Å². The quantitative estimate of drug-likeness (QED) is 0.869. The molecule has 2 N–H and O–H groups in total. The molecule has 0 unspecified atom stereocenters. The van der Waals surface area contributed by atoms with E-state index in [0.29, 0.717) is 0 Å². The summed E-state index contributed by atoms with van der Waals surface area (Å²) in [6, 6.07) is 8.19. The van der Waals surface area contributed by atoms with Crippen LogP contribution in [0.15, 0.2) is 24.3 Å². The number of para-hydroxylation sites is 1. The highest BCUT2D eigenvalue weighted by Crippen LogP contribution is 2.28. The van der Waals surface area contributed by atoms with E-state index in [-0.39, 0.29) is 5.54 Å². The van der Waals surface area contributed by atoms with Crippen molar-refractivity contribution < 1.29 is 4.74 Å². The molecule has 0 aliphatic heterocycles. The van der Waals surface area contributed by atoms with Crippen molar-refractivity contribution in [3.8, 4) is 5.75 Å². The van der Waals surface area contributed by atoms with Crippen molar-refractivity contribution in [1.29, 1.82) is 0 Å². The molecule has 1 aromatic carbocycles. The van der Waals surface area contributed by atoms with E-state index in [2.05, 4.69) is 24.1 Å². The second-order valence-electron chi connectivity index (χ2n) is 5.55. The van der Waals surface area contributed by atoms with E-state index in [4.69, 9.17) is 10.5 Å². The van der Waals surface area contributed by atoms with Gasteiger partial charge in [0.2, 0.25) is 0 Å². The van der Waals surface area contributed by atoms with Crippen LogP contribution in [0.5, 0.6) is 5.75 Å². The first-order valence-electron chi connectivity index (χ1n) is 6.72. The van der Waals surface area contributed by atoms with Gasteiger partial charge in [0, 0.05) is 24.2 Å². The lowest BCUT2D eigenvalue weighted by atomic mass is 9.98. The molecule has 1 aliphatic carbocycles. The Morgan fingerprint density at radius 3 is 2.61 bits per heavy atom. The van der Waals surface area contributed by atoms with E-state index in [1.54, 1.807) is 7.11 Å². The molecule has 1 saturated carbocycles. The van der Waals surface area contributed by atoms with E-state index in [1.165, 1.54) is 18.4 Å². The molecule has 0 amide bonds. The molecule has 2 rings (SSSR count). The van der Waals surface area contributed by atoms with Gasteiger partial charge in [-0.3, -0.25) is 0 Å². The van der Waals surface area contributed by atoms with Gasteiger partial charge in [-0.25, -0.2) is 0 Å². The zero-order valence-electron chi connectivity index (χ0n) is 11.5. The van der Waals surface area contributed by atoms with Crippen molar-refractivity contribution in [1.82, 2.24) is 4.90 Å². The average Bonchev–Trinajstić information content (AvgIpc) is 2.76. The number of hydrogen-bond acceptors (Lipinski definition) is 3. The maximum absolute atomic E-state index is 6.41. The maximum atomic E-state index is 6.41. The lowest BCUT2D eigenvalue weighted by molar-refractivity contribution is 0.238. The number of nitrogens with two attached hydrogens (primary N) is 1. The first-order valence-corrected chi connectivity index (χ1v) is 6.72. The van der Waals surface area contributed by atoms with E-state index in [9.17, 15) is 0 Å². The number of likely N-dealkylation sites (N-methyl/N-ethyl adjacent to an activating group) is 1. The lowest BCUT2D eigenvalue weighted by Crippen LogP contribution is -2.46. The normalized spacial score (nSPS) is 18.2. The number of hydrogen-bond donors (Lipinski definition) is 1. The first kappa shape index (κ1) is 13.4. The summed E-state index contributed by atoms with van der Waals surface area (Å²) in [5.74, 6) is 0.960. The fourth-order valence-corrected chi connectivity index (χ4v) is 2.96. The van der Waals surface area contributed by atoms with Gasteiger partial charge in [0.05, 0.1) is 7.11 Å². The maximum Gasteiger partial charge on any atom is 0.123 e. The molecule has 3 nitrogen and oxygen atoms in total. The molecule has 3 heteroatoms. The molecule has 1 aliphatic rings. The van der Waals surface area contributed by atoms with Crippen LogP contribution in [0.3, 0.4) is 0 Å². The second kappa shape index (κ2) is 5.72. The van der Waals surface area contributed by atoms with Crippen LogP contribution >= 0.6 is 0 Å². The molecule has 0 heterocycles. The van der Waals surface area contributed by atoms with Gasteiger partial charge >= 0.3 is 0 Å². The minimum Gasteiger partial charge on any atom is -0.496 e. The summed E-state index contributed by atoms with van der Waals surface area (Å²) < 4.78 is 5.38. The third kappa shape index (κ3) is 3.24. The first-order chi connectivity index (χ1) is 8.63. The zero-order chi connectivity index (χ0) is 13.0. The number of benzene rings is 1. The molecule has 0 atom stereocenters. The van der Waals surface area contributed by atoms with Gasteiger partial charge in [-0.05, 0) is 26.0 Å². The minimum absolute atomic E-state index is 0.0246. The predicted molar refractivity (Wildman–Crippen MR) is 74.7 cm³/mol. The van der Waals surface area contributed by atoms with Crippen LogP contribution in [0.2, 0.25) is 0 Å². The summed E-state index contributed by atoms with van der Waals surface area (Å²) >= 11 is 0. The van der Waals surface area contributed by atoms with Gasteiger partial charge in [0.1, 0.15) is 5.75 Å². The molecular weight excluding hydrogens is 224 g/mol. The molecule has 1 fully saturated rings. The van der Waals surface area contributed by atoms with Crippen molar-refractivity contribution in [2.45, 2.75) is 37.8 Å². The molecule has 0 spiro atoms. The molecule has 1 aromatic rings. The van der Waals surface area contributed by atoms with Crippen molar-refractivity contribution >= 4 is 0 Å². The topological polar surface area (TPSA) is 38.5 Å². The number of methoxy groups -OCH3 is 1. The van der Waals surface area contributed by atoms with Crippen LogP contribution in [0.4, 0.5) is 0 Å². The van der Waals surface area contributed by atoms with Crippen molar-refractivity contribution in [2.75, 3.05) is 20.7 Å². The summed E-state index contributed by atoms with van der Waals surface area (Å²) in [6.45, 7) is 1.86. The van der Waals surface area contributed by atoms with Gasteiger partial charge in [-0.1, -0.05) is 31.0 Å². The van der Waals surface area contributed by atoms with Crippen LogP contribution < -0.4 is 10.5 Å². The second-order valence-corrected chi connectivity index (χ2v) is 5.55. The predicted octanol–water partition coefficient (Wildman–Crippen LogP) is 2.40. The molecular formula is C15H24N2O.